The van der Waals surface area contributed by atoms with E-state index < -0.39 is 0 Å². The van der Waals surface area contributed by atoms with Crippen molar-refractivity contribution in [3.8, 4) is 0 Å². The molecule has 1 heterocycles. The van der Waals surface area contributed by atoms with Crippen molar-refractivity contribution in [3.05, 3.63) is 0 Å². The second kappa shape index (κ2) is 7.79. The lowest BCUT2D eigenvalue weighted by Crippen LogP contribution is -2.49. The summed E-state index contributed by atoms with van der Waals surface area (Å²) in [5.41, 5.74) is 0. The molecule has 1 saturated carbocycles. The second-order valence-corrected chi connectivity index (χ2v) is 7.72. The van der Waals surface area contributed by atoms with Gasteiger partial charge in [-0.25, -0.2) is 0 Å². The van der Waals surface area contributed by atoms with Crippen LogP contribution >= 0.6 is 0 Å². The average Bonchev–Trinajstić information content (AvgIpc) is 2.59. The molecule has 5 unspecified atom stereocenters. The van der Waals surface area contributed by atoms with Gasteiger partial charge in [0, 0.05) is 12.6 Å². The molecule has 2 aliphatic rings. The van der Waals surface area contributed by atoms with Gasteiger partial charge in [-0.05, 0) is 75.4 Å². The summed E-state index contributed by atoms with van der Waals surface area (Å²) in [6.07, 6.45) is 7.06. The Hall–Kier alpha value is -0.0800. The fourth-order valence-corrected chi connectivity index (χ4v) is 4.52. The van der Waals surface area contributed by atoms with E-state index >= 15 is 0 Å². The maximum absolute atomic E-state index is 3.78. The molecule has 5 atom stereocenters. The Balaban J connectivity index is 1.93. The number of nitrogens with one attached hydrogen (secondary N) is 1. The zero-order valence-electron chi connectivity index (χ0n) is 14.2. The van der Waals surface area contributed by atoms with Crippen molar-refractivity contribution in [2.75, 3.05) is 26.2 Å². The predicted molar refractivity (Wildman–Crippen MR) is 88.0 cm³/mol. The predicted octanol–water partition coefficient (Wildman–Crippen LogP) is 3.77. The SMILES string of the molecule is CCNC1CC(C)CC(C)C1CN1CCCC(C)CC1. The van der Waals surface area contributed by atoms with Crippen molar-refractivity contribution in [2.24, 2.45) is 23.7 Å². The number of hydrogen-bond acceptors (Lipinski definition) is 2. The van der Waals surface area contributed by atoms with Gasteiger partial charge in [-0.1, -0.05) is 27.7 Å². The Morgan fingerprint density at radius 3 is 2.55 bits per heavy atom. The van der Waals surface area contributed by atoms with Crippen molar-refractivity contribution >= 4 is 0 Å². The molecule has 1 aliphatic heterocycles. The van der Waals surface area contributed by atoms with Crippen LogP contribution in [0.15, 0.2) is 0 Å². The number of hydrogen-bond donors (Lipinski definition) is 1. The van der Waals surface area contributed by atoms with E-state index in [1.165, 1.54) is 51.7 Å². The van der Waals surface area contributed by atoms with Crippen LogP contribution in [0.3, 0.4) is 0 Å². The van der Waals surface area contributed by atoms with Crippen LogP contribution in [0.5, 0.6) is 0 Å². The maximum atomic E-state index is 3.78. The zero-order chi connectivity index (χ0) is 14.5. The molecule has 0 bridgehead atoms. The monoisotopic (exact) mass is 280 g/mol. The number of nitrogens with zero attached hydrogens (tertiary/aromatic N) is 1. The van der Waals surface area contributed by atoms with Crippen molar-refractivity contribution in [2.45, 2.75) is 65.8 Å². The Kier molecular flexibility index (Phi) is 6.35. The van der Waals surface area contributed by atoms with Crippen LogP contribution < -0.4 is 5.32 Å². The van der Waals surface area contributed by atoms with E-state index in [0.29, 0.717) is 0 Å². The fraction of sp³-hybridized carbons (Fsp3) is 1.00. The topological polar surface area (TPSA) is 15.3 Å². The molecule has 2 nitrogen and oxygen atoms in total. The van der Waals surface area contributed by atoms with Gasteiger partial charge in [0.05, 0.1) is 0 Å². The summed E-state index contributed by atoms with van der Waals surface area (Å²) in [5, 5.41) is 3.78. The highest BCUT2D eigenvalue weighted by Crippen LogP contribution is 2.34. The van der Waals surface area contributed by atoms with Crippen LogP contribution in [0.25, 0.3) is 0 Å². The van der Waals surface area contributed by atoms with Crippen molar-refractivity contribution in [3.63, 3.8) is 0 Å². The van der Waals surface area contributed by atoms with Crippen LogP contribution in [0.2, 0.25) is 0 Å². The van der Waals surface area contributed by atoms with E-state index in [0.717, 1.165) is 36.3 Å². The van der Waals surface area contributed by atoms with E-state index in [1.807, 2.05) is 0 Å². The minimum atomic E-state index is 0.749. The minimum absolute atomic E-state index is 0.749. The quantitative estimate of drug-likeness (QED) is 0.843. The first-order valence-corrected chi connectivity index (χ1v) is 9.05. The minimum Gasteiger partial charge on any atom is -0.314 e. The largest absolute Gasteiger partial charge is 0.314 e. The van der Waals surface area contributed by atoms with Crippen LogP contribution in [0.1, 0.15) is 59.8 Å². The summed E-state index contributed by atoms with van der Waals surface area (Å²) in [4.78, 5) is 2.77. The van der Waals surface area contributed by atoms with E-state index in [1.54, 1.807) is 0 Å². The lowest BCUT2D eigenvalue weighted by atomic mass is 9.72. The van der Waals surface area contributed by atoms with Gasteiger partial charge < -0.3 is 10.2 Å². The van der Waals surface area contributed by atoms with Crippen molar-refractivity contribution < 1.29 is 0 Å². The molecule has 0 spiro atoms. The average molecular weight is 280 g/mol. The molecular weight excluding hydrogens is 244 g/mol. The van der Waals surface area contributed by atoms with E-state index in [-0.39, 0.29) is 0 Å². The molecule has 0 aromatic heterocycles. The zero-order valence-corrected chi connectivity index (χ0v) is 14.2. The molecule has 0 aromatic rings. The number of likely N-dealkylation sites (tertiary alicyclic amines) is 1. The first-order valence-electron chi connectivity index (χ1n) is 9.05. The standard InChI is InChI=1S/C18H36N2/c1-5-19-18-12-15(3)11-16(4)17(18)13-20-9-6-7-14(2)8-10-20/h14-19H,5-13H2,1-4H3. The Bertz CT molecular complexity index is 279. The van der Waals surface area contributed by atoms with Crippen LogP contribution in [-0.2, 0) is 0 Å². The summed E-state index contributed by atoms with van der Waals surface area (Å²) < 4.78 is 0. The molecule has 0 amide bonds. The number of rotatable bonds is 4. The molecule has 1 aliphatic carbocycles. The first-order chi connectivity index (χ1) is 9.60. The van der Waals surface area contributed by atoms with Gasteiger partial charge in [0.15, 0.2) is 0 Å². The lowest BCUT2D eigenvalue weighted by molar-refractivity contribution is 0.103. The first kappa shape index (κ1) is 16.3. The second-order valence-electron chi connectivity index (χ2n) is 7.72. The van der Waals surface area contributed by atoms with Crippen LogP contribution in [0.4, 0.5) is 0 Å². The maximum Gasteiger partial charge on any atom is 0.0112 e. The molecule has 2 rings (SSSR count). The van der Waals surface area contributed by atoms with Gasteiger partial charge in [-0.3, -0.25) is 0 Å². The molecule has 2 heteroatoms. The Morgan fingerprint density at radius 1 is 1.00 bits per heavy atom. The molecule has 118 valence electrons. The highest BCUT2D eigenvalue weighted by Gasteiger charge is 2.34. The smallest absolute Gasteiger partial charge is 0.0112 e. The molecule has 0 aromatic carbocycles. The third-order valence-electron chi connectivity index (χ3n) is 5.72. The summed E-state index contributed by atoms with van der Waals surface area (Å²) >= 11 is 0. The highest BCUT2D eigenvalue weighted by atomic mass is 15.1. The van der Waals surface area contributed by atoms with Crippen LogP contribution in [-0.4, -0.2) is 37.1 Å². The Morgan fingerprint density at radius 2 is 1.80 bits per heavy atom. The van der Waals surface area contributed by atoms with Gasteiger partial charge in [-0.2, -0.15) is 0 Å². The van der Waals surface area contributed by atoms with Crippen molar-refractivity contribution in [1.82, 2.24) is 10.2 Å². The van der Waals surface area contributed by atoms with Gasteiger partial charge in [0.25, 0.3) is 0 Å². The van der Waals surface area contributed by atoms with Crippen molar-refractivity contribution in [1.29, 1.82) is 0 Å². The summed E-state index contributed by atoms with van der Waals surface area (Å²) in [5.74, 6) is 3.57. The van der Waals surface area contributed by atoms with Crippen LogP contribution in [0, 0.1) is 23.7 Å². The molecule has 2 fully saturated rings. The molecule has 1 saturated heterocycles. The van der Waals surface area contributed by atoms with E-state index in [4.69, 9.17) is 0 Å². The molecule has 0 radical (unpaired) electrons. The van der Waals surface area contributed by atoms with E-state index in [2.05, 4.69) is 37.9 Å². The van der Waals surface area contributed by atoms with E-state index in [9.17, 15) is 0 Å². The Labute approximate surface area is 126 Å². The third-order valence-corrected chi connectivity index (χ3v) is 5.72. The summed E-state index contributed by atoms with van der Waals surface area (Å²) in [6.45, 7) is 14.7. The molecular formula is C18H36N2. The van der Waals surface area contributed by atoms with Gasteiger partial charge >= 0.3 is 0 Å². The fourth-order valence-electron chi connectivity index (χ4n) is 4.52. The van der Waals surface area contributed by atoms with Gasteiger partial charge in [-0.15, -0.1) is 0 Å². The highest BCUT2D eigenvalue weighted by molar-refractivity contribution is 4.89. The summed E-state index contributed by atoms with van der Waals surface area (Å²) in [6, 6.07) is 0.749. The normalized spacial score (nSPS) is 40.5. The third kappa shape index (κ3) is 4.46. The molecule has 1 N–H and O–H groups in total. The van der Waals surface area contributed by atoms with Gasteiger partial charge in [0.1, 0.15) is 0 Å². The lowest BCUT2D eigenvalue weighted by Gasteiger charge is -2.42. The molecule has 20 heavy (non-hydrogen) atoms. The summed E-state index contributed by atoms with van der Waals surface area (Å²) in [7, 11) is 0. The van der Waals surface area contributed by atoms with Gasteiger partial charge in [0.2, 0.25) is 0 Å².